The number of rotatable bonds is 4. The van der Waals surface area contributed by atoms with Crippen LogP contribution in [0, 0.1) is 0 Å². The summed E-state index contributed by atoms with van der Waals surface area (Å²) in [5.74, 6) is -0.568. The molecule has 4 rings (SSSR count). The van der Waals surface area contributed by atoms with Crippen molar-refractivity contribution >= 4 is 38.8 Å². The summed E-state index contributed by atoms with van der Waals surface area (Å²) in [4.78, 5) is 17.4. The van der Waals surface area contributed by atoms with Crippen molar-refractivity contribution in [1.82, 2.24) is 24.9 Å². The highest BCUT2D eigenvalue weighted by Crippen LogP contribution is 2.36. The van der Waals surface area contributed by atoms with Gasteiger partial charge >= 0.3 is 6.18 Å². The highest BCUT2D eigenvalue weighted by Gasteiger charge is 2.36. The van der Waals surface area contributed by atoms with Crippen LogP contribution in [0.4, 0.5) is 13.2 Å². The number of hydrogen-bond acceptors (Lipinski definition) is 4. The van der Waals surface area contributed by atoms with E-state index in [0.717, 1.165) is 10.9 Å². The van der Waals surface area contributed by atoms with E-state index in [2.05, 4.69) is 36.4 Å². The number of nitrogens with one attached hydrogen (secondary N) is 2. The molecule has 4 aromatic rings. The highest BCUT2D eigenvalue weighted by atomic mass is 79.9. The second kappa shape index (κ2) is 7.06. The van der Waals surface area contributed by atoms with Crippen LogP contribution >= 0.6 is 27.3 Å². The van der Waals surface area contributed by atoms with Crippen LogP contribution in [0.2, 0.25) is 0 Å². The van der Waals surface area contributed by atoms with Gasteiger partial charge in [-0.3, -0.25) is 14.3 Å². The molecule has 11 heteroatoms. The van der Waals surface area contributed by atoms with Crippen LogP contribution in [0.25, 0.3) is 16.8 Å². The van der Waals surface area contributed by atoms with Crippen molar-refractivity contribution in [3.63, 3.8) is 0 Å². The molecular formula is C17H11BrF3N5OS. The molecule has 0 bridgehead atoms. The number of nitrogens with zero attached hydrogens (tertiary/aromatic N) is 3. The summed E-state index contributed by atoms with van der Waals surface area (Å²) in [6.45, 7) is 0.267. The van der Waals surface area contributed by atoms with Gasteiger partial charge in [-0.25, -0.2) is 4.98 Å². The van der Waals surface area contributed by atoms with Crippen LogP contribution in [0.3, 0.4) is 0 Å². The fourth-order valence-electron chi connectivity index (χ4n) is 2.70. The fourth-order valence-corrected chi connectivity index (χ4v) is 3.88. The van der Waals surface area contributed by atoms with E-state index in [4.69, 9.17) is 0 Å². The molecule has 0 radical (unpaired) electrons. The van der Waals surface area contributed by atoms with Crippen molar-refractivity contribution < 1.29 is 18.0 Å². The number of aromatic amines is 1. The molecule has 0 saturated carbocycles. The third-order valence-electron chi connectivity index (χ3n) is 4.02. The van der Waals surface area contributed by atoms with Crippen LogP contribution in [0.1, 0.15) is 20.9 Å². The minimum absolute atomic E-state index is 0.119. The smallest absolute Gasteiger partial charge is 0.346 e. The van der Waals surface area contributed by atoms with E-state index in [1.165, 1.54) is 34.3 Å². The maximum atomic E-state index is 13.6. The Morgan fingerprint density at radius 3 is 2.82 bits per heavy atom. The number of amides is 1. The number of pyridine rings is 1. The minimum Gasteiger partial charge on any atom is -0.346 e. The molecule has 0 fully saturated rings. The topological polar surface area (TPSA) is 75.1 Å². The maximum absolute atomic E-state index is 13.6. The van der Waals surface area contributed by atoms with Crippen molar-refractivity contribution in [2.45, 2.75) is 12.7 Å². The Balaban J connectivity index is 1.79. The summed E-state index contributed by atoms with van der Waals surface area (Å²) in [5, 5.41) is 10.9. The summed E-state index contributed by atoms with van der Waals surface area (Å²) in [6.07, 6.45) is -0.263. The third-order valence-corrected chi connectivity index (χ3v) is 5.65. The first-order valence-corrected chi connectivity index (χ1v) is 9.60. The maximum Gasteiger partial charge on any atom is 0.420 e. The molecule has 0 atom stereocenters. The van der Waals surface area contributed by atoms with E-state index in [1.807, 2.05) is 17.5 Å². The van der Waals surface area contributed by atoms with Gasteiger partial charge in [-0.1, -0.05) is 6.07 Å². The first-order valence-electron chi connectivity index (χ1n) is 7.93. The zero-order chi connectivity index (χ0) is 19.9. The first-order chi connectivity index (χ1) is 13.3. The van der Waals surface area contributed by atoms with E-state index in [0.29, 0.717) is 5.56 Å². The van der Waals surface area contributed by atoms with Gasteiger partial charge in [-0.15, -0.1) is 11.3 Å². The fraction of sp³-hybridized carbons (Fsp3) is 0.118. The summed E-state index contributed by atoms with van der Waals surface area (Å²) in [6, 6.07) is 4.69. The van der Waals surface area contributed by atoms with Gasteiger partial charge in [0.05, 0.1) is 18.3 Å². The lowest BCUT2D eigenvalue weighted by atomic mass is 10.1. The van der Waals surface area contributed by atoms with Crippen LogP contribution in [0.5, 0.6) is 0 Å². The lowest BCUT2D eigenvalue weighted by Gasteiger charge is -2.10. The summed E-state index contributed by atoms with van der Waals surface area (Å²) in [5.41, 5.74) is -0.641. The quantitative estimate of drug-likeness (QED) is 0.462. The van der Waals surface area contributed by atoms with E-state index in [1.54, 1.807) is 0 Å². The summed E-state index contributed by atoms with van der Waals surface area (Å²) in [7, 11) is 0. The molecule has 4 aromatic heterocycles. The number of imidazole rings is 1. The predicted octanol–water partition coefficient (Wildman–Crippen LogP) is 4.50. The number of H-pyrrole nitrogens is 1. The van der Waals surface area contributed by atoms with Crippen molar-refractivity contribution in [3.8, 4) is 11.1 Å². The van der Waals surface area contributed by atoms with E-state index < -0.39 is 17.6 Å². The summed E-state index contributed by atoms with van der Waals surface area (Å²) >= 11 is 4.69. The average Bonchev–Trinajstić information content (AvgIpc) is 3.40. The number of carbonyl (C=O) groups is 1. The van der Waals surface area contributed by atoms with Crippen LogP contribution in [0.15, 0.2) is 46.8 Å². The second-order valence-corrected chi connectivity index (χ2v) is 7.62. The molecule has 0 aromatic carbocycles. The van der Waals surface area contributed by atoms with Gasteiger partial charge in [0.1, 0.15) is 4.60 Å². The zero-order valence-electron chi connectivity index (χ0n) is 13.9. The number of hydrogen-bond donors (Lipinski definition) is 2. The Hall–Kier alpha value is -2.66. The molecular weight excluding hydrogens is 459 g/mol. The van der Waals surface area contributed by atoms with Gasteiger partial charge < -0.3 is 5.32 Å². The van der Waals surface area contributed by atoms with Gasteiger partial charge in [0.15, 0.2) is 11.3 Å². The average molecular weight is 470 g/mol. The van der Waals surface area contributed by atoms with Crippen molar-refractivity contribution in [3.05, 3.63) is 62.9 Å². The standard InChI is InChI=1S/C17H11BrF3N5OS/c18-14-13(16(27)22-7-11-2-1-3-28-11)25-15-12(17(19,20)21)4-9(8-26(14)15)10-5-23-24-6-10/h1-6,8H,7H2,(H,22,27)(H,23,24). The Bertz CT molecular complexity index is 1140. The van der Waals surface area contributed by atoms with Crippen LogP contribution < -0.4 is 5.32 Å². The molecule has 1 amide bonds. The predicted molar refractivity (Wildman–Crippen MR) is 101 cm³/mol. The summed E-state index contributed by atoms with van der Waals surface area (Å²) < 4.78 is 42.2. The Morgan fingerprint density at radius 1 is 1.36 bits per heavy atom. The third kappa shape index (κ3) is 3.42. The number of thiophene rings is 1. The van der Waals surface area contributed by atoms with E-state index in [9.17, 15) is 18.0 Å². The number of alkyl halides is 3. The number of halogens is 4. The lowest BCUT2D eigenvalue weighted by molar-refractivity contribution is -0.136. The number of aromatic nitrogens is 4. The molecule has 6 nitrogen and oxygen atoms in total. The Kier molecular flexibility index (Phi) is 4.71. The van der Waals surface area contributed by atoms with Gasteiger partial charge in [0.2, 0.25) is 0 Å². The minimum atomic E-state index is -4.64. The molecule has 0 unspecified atom stereocenters. The molecule has 0 aliphatic carbocycles. The molecule has 28 heavy (non-hydrogen) atoms. The first kappa shape index (κ1) is 18.7. The van der Waals surface area contributed by atoms with E-state index in [-0.39, 0.29) is 28.1 Å². The molecule has 0 spiro atoms. The molecule has 0 aliphatic heterocycles. The Morgan fingerprint density at radius 2 is 2.18 bits per heavy atom. The SMILES string of the molecule is O=C(NCc1cccs1)c1nc2c(C(F)(F)F)cc(-c3cn[nH]c3)cn2c1Br. The van der Waals surface area contributed by atoms with Gasteiger partial charge in [0.25, 0.3) is 5.91 Å². The van der Waals surface area contributed by atoms with Crippen molar-refractivity contribution in [2.24, 2.45) is 0 Å². The highest BCUT2D eigenvalue weighted by molar-refractivity contribution is 9.10. The van der Waals surface area contributed by atoms with Crippen molar-refractivity contribution in [1.29, 1.82) is 0 Å². The molecule has 0 saturated heterocycles. The molecule has 0 aliphatic rings. The van der Waals surface area contributed by atoms with Gasteiger partial charge in [-0.05, 0) is 33.4 Å². The second-order valence-electron chi connectivity index (χ2n) is 5.83. The Labute approximate surface area is 168 Å². The number of carbonyl (C=O) groups excluding carboxylic acids is 1. The van der Waals surface area contributed by atoms with E-state index >= 15 is 0 Å². The largest absolute Gasteiger partial charge is 0.420 e. The normalized spacial score (nSPS) is 11.9. The van der Waals surface area contributed by atoms with Crippen LogP contribution in [-0.4, -0.2) is 25.5 Å². The molecule has 2 N–H and O–H groups in total. The number of fused-ring (bicyclic) bond motifs is 1. The van der Waals surface area contributed by atoms with Crippen LogP contribution in [-0.2, 0) is 12.7 Å². The zero-order valence-corrected chi connectivity index (χ0v) is 16.3. The van der Waals surface area contributed by atoms with Gasteiger partial charge in [0, 0.05) is 28.4 Å². The monoisotopic (exact) mass is 469 g/mol. The van der Waals surface area contributed by atoms with Gasteiger partial charge in [-0.2, -0.15) is 18.3 Å². The van der Waals surface area contributed by atoms with Crippen molar-refractivity contribution in [2.75, 3.05) is 0 Å². The lowest BCUT2D eigenvalue weighted by Crippen LogP contribution is -2.23. The molecule has 144 valence electrons. The molecule has 4 heterocycles.